The van der Waals surface area contributed by atoms with Gasteiger partial charge in [0.25, 0.3) is 0 Å². The van der Waals surface area contributed by atoms with Gasteiger partial charge in [-0.1, -0.05) is 29.8 Å². The van der Waals surface area contributed by atoms with E-state index in [-0.39, 0.29) is 5.38 Å². The van der Waals surface area contributed by atoms with Gasteiger partial charge >= 0.3 is 0 Å². The Balaban J connectivity index is 2.20. The summed E-state index contributed by atoms with van der Waals surface area (Å²) < 4.78 is 5.06. The van der Waals surface area contributed by atoms with Crippen LogP contribution < -0.4 is 4.74 Å². The molecular formula is C14H14Cl2N2O. The van der Waals surface area contributed by atoms with Crippen LogP contribution in [0.3, 0.4) is 0 Å². The molecule has 0 spiro atoms. The molecule has 1 aromatic carbocycles. The molecule has 1 atom stereocenters. The highest BCUT2D eigenvalue weighted by atomic mass is 35.5. The molecule has 1 heterocycles. The topological polar surface area (TPSA) is 35.0 Å². The Bertz CT molecular complexity index is 575. The van der Waals surface area contributed by atoms with Crippen molar-refractivity contribution in [3.05, 3.63) is 52.4 Å². The third-order valence-corrected chi connectivity index (χ3v) is 3.76. The smallest absolute Gasteiger partial charge is 0.216 e. The molecule has 2 aromatic rings. The summed E-state index contributed by atoms with van der Waals surface area (Å²) in [7, 11) is 1.57. The Hall–Kier alpha value is -1.32. The van der Waals surface area contributed by atoms with Crippen LogP contribution in [0.1, 0.15) is 22.2 Å². The molecule has 5 heteroatoms. The lowest BCUT2D eigenvalue weighted by molar-refractivity contribution is 0.396. The van der Waals surface area contributed by atoms with Gasteiger partial charge < -0.3 is 4.74 Å². The van der Waals surface area contributed by atoms with E-state index in [4.69, 9.17) is 27.9 Å². The van der Waals surface area contributed by atoms with Crippen LogP contribution in [0.5, 0.6) is 5.88 Å². The first kappa shape index (κ1) is 14.1. The van der Waals surface area contributed by atoms with Gasteiger partial charge in [-0.3, -0.25) is 0 Å². The Morgan fingerprint density at radius 3 is 2.84 bits per heavy atom. The number of benzene rings is 1. The molecule has 0 bridgehead atoms. The maximum atomic E-state index is 6.43. The van der Waals surface area contributed by atoms with Crippen LogP contribution in [0.25, 0.3) is 0 Å². The fourth-order valence-corrected chi connectivity index (χ4v) is 2.46. The maximum Gasteiger partial charge on any atom is 0.216 e. The van der Waals surface area contributed by atoms with Crippen molar-refractivity contribution in [1.82, 2.24) is 9.97 Å². The largest absolute Gasteiger partial charge is 0.481 e. The average molecular weight is 297 g/mol. The molecule has 0 amide bonds. The van der Waals surface area contributed by atoms with Crippen LogP contribution in [-0.4, -0.2) is 17.1 Å². The third kappa shape index (κ3) is 3.37. The maximum absolute atomic E-state index is 6.43. The lowest BCUT2D eigenvalue weighted by atomic mass is 10.0. The summed E-state index contributed by atoms with van der Waals surface area (Å²) >= 11 is 12.7. The molecule has 2 rings (SSSR count). The number of ether oxygens (including phenoxy) is 1. The van der Waals surface area contributed by atoms with E-state index in [9.17, 15) is 0 Å². The van der Waals surface area contributed by atoms with Gasteiger partial charge in [0.1, 0.15) is 6.33 Å². The fourth-order valence-electron chi connectivity index (χ4n) is 1.81. The number of alkyl halides is 1. The fraction of sp³-hybridized carbons (Fsp3) is 0.286. The van der Waals surface area contributed by atoms with E-state index < -0.39 is 0 Å². The van der Waals surface area contributed by atoms with E-state index in [1.54, 1.807) is 13.2 Å². The van der Waals surface area contributed by atoms with Crippen molar-refractivity contribution in [2.45, 2.75) is 18.7 Å². The second-order valence-electron chi connectivity index (χ2n) is 4.20. The van der Waals surface area contributed by atoms with E-state index in [0.717, 1.165) is 16.8 Å². The monoisotopic (exact) mass is 296 g/mol. The van der Waals surface area contributed by atoms with Crippen molar-refractivity contribution in [2.75, 3.05) is 7.11 Å². The number of hydrogen-bond donors (Lipinski definition) is 0. The highest BCUT2D eigenvalue weighted by Crippen LogP contribution is 2.32. The predicted molar refractivity (Wildman–Crippen MR) is 77.1 cm³/mol. The molecule has 0 aliphatic carbocycles. The van der Waals surface area contributed by atoms with Crippen molar-refractivity contribution < 1.29 is 4.74 Å². The summed E-state index contributed by atoms with van der Waals surface area (Å²) in [5.74, 6) is 0.532. The number of nitrogens with zero attached hydrogens (tertiary/aromatic N) is 2. The molecule has 1 unspecified atom stereocenters. The van der Waals surface area contributed by atoms with Crippen molar-refractivity contribution in [3.8, 4) is 5.88 Å². The molecule has 19 heavy (non-hydrogen) atoms. The van der Waals surface area contributed by atoms with E-state index in [1.807, 2.05) is 25.1 Å². The summed E-state index contributed by atoms with van der Waals surface area (Å²) in [5.41, 5.74) is 2.76. The number of methoxy groups -OCH3 is 1. The SMILES string of the molecule is COc1cc(CC(Cl)c2cccc(C)c2Cl)ncn1. The van der Waals surface area contributed by atoms with E-state index in [0.29, 0.717) is 17.3 Å². The van der Waals surface area contributed by atoms with Crippen molar-refractivity contribution >= 4 is 23.2 Å². The predicted octanol–water partition coefficient (Wildman–Crippen LogP) is 3.97. The van der Waals surface area contributed by atoms with Crippen LogP contribution in [0.2, 0.25) is 5.02 Å². The molecule has 0 radical (unpaired) electrons. The van der Waals surface area contributed by atoms with E-state index >= 15 is 0 Å². The van der Waals surface area contributed by atoms with Crippen molar-refractivity contribution in [1.29, 1.82) is 0 Å². The van der Waals surface area contributed by atoms with Crippen LogP contribution in [0.15, 0.2) is 30.6 Å². The summed E-state index contributed by atoms with van der Waals surface area (Å²) in [6.45, 7) is 1.96. The molecule has 0 saturated carbocycles. The van der Waals surface area contributed by atoms with Gasteiger partial charge in [-0.05, 0) is 18.1 Å². The highest BCUT2D eigenvalue weighted by Gasteiger charge is 2.15. The molecule has 1 aromatic heterocycles. The van der Waals surface area contributed by atoms with Gasteiger partial charge in [-0.25, -0.2) is 9.97 Å². The molecule has 0 aliphatic rings. The minimum absolute atomic E-state index is 0.230. The normalized spacial score (nSPS) is 12.2. The van der Waals surface area contributed by atoms with Crippen LogP contribution in [0, 0.1) is 6.92 Å². The zero-order valence-corrected chi connectivity index (χ0v) is 12.2. The van der Waals surface area contributed by atoms with Gasteiger partial charge in [0.05, 0.1) is 12.5 Å². The molecule has 0 saturated heterocycles. The second kappa shape index (κ2) is 6.22. The highest BCUT2D eigenvalue weighted by molar-refractivity contribution is 6.33. The van der Waals surface area contributed by atoms with E-state index in [1.165, 1.54) is 6.33 Å². The Kier molecular flexibility index (Phi) is 4.61. The molecule has 0 fully saturated rings. The Morgan fingerprint density at radius 1 is 1.32 bits per heavy atom. The van der Waals surface area contributed by atoms with Crippen LogP contribution in [-0.2, 0) is 6.42 Å². The number of aryl methyl sites for hydroxylation is 1. The molecule has 3 nitrogen and oxygen atoms in total. The quantitative estimate of drug-likeness (QED) is 0.801. The zero-order chi connectivity index (χ0) is 13.8. The average Bonchev–Trinajstić information content (AvgIpc) is 2.42. The number of hydrogen-bond acceptors (Lipinski definition) is 3. The first-order chi connectivity index (χ1) is 9.11. The van der Waals surface area contributed by atoms with Crippen molar-refractivity contribution in [3.63, 3.8) is 0 Å². The van der Waals surface area contributed by atoms with Crippen molar-refractivity contribution in [2.24, 2.45) is 0 Å². The van der Waals surface area contributed by atoms with E-state index in [2.05, 4.69) is 9.97 Å². The lowest BCUT2D eigenvalue weighted by Crippen LogP contribution is -2.01. The second-order valence-corrected chi connectivity index (χ2v) is 5.11. The van der Waals surface area contributed by atoms with Gasteiger partial charge in [0.15, 0.2) is 0 Å². The van der Waals surface area contributed by atoms with Gasteiger partial charge in [-0.15, -0.1) is 11.6 Å². The molecule has 0 aliphatic heterocycles. The van der Waals surface area contributed by atoms with Crippen LogP contribution >= 0.6 is 23.2 Å². The minimum atomic E-state index is -0.230. The number of halogens is 2. The zero-order valence-electron chi connectivity index (χ0n) is 10.7. The molecule has 0 N–H and O–H groups in total. The molecule has 100 valence electrons. The first-order valence-corrected chi connectivity index (χ1v) is 6.67. The minimum Gasteiger partial charge on any atom is -0.481 e. The standard InChI is InChI=1S/C14H14Cl2N2O/c1-9-4-3-5-11(14(9)16)12(15)6-10-7-13(19-2)18-8-17-10/h3-5,7-8,12H,6H2,1-2H3. The Labute approximate surface area is 122 Å². The summed E-state index contributed by atoms with van der Waals surface area (Å²) in [6, 6.07) is 7.63. The number of aromatic nitrogens is 2. The number of rotatable bonds is 4. The third-order valence-electron chi connectivity index (χ3n) is 2.86. The van der Waals surface area contributed by atoms with Crippen LogP contribution in [0.4, 0.5) is 0 Å². The van der Waals surface area contributed by atoms with Gasteiger partial charge in [-0.2, -0.15) is 0 Å². The summed E-state index contributed by atoms with van der Waals surface area (Å²) in [4.78, 5) is 8.15. The lowest BCUT2D eigenvalue weighted by Gasteiger charge is -2.13. The van der Waals surface area contributed by atoms with Gasteiger partial charge in [0, 0.05) is 23.2 Å². The van der Waals surface area contributed by atoms with Gasteiger partial charge in [0.2, 0.25) is 5.88 Å². The summed E-state index contributed by atoms with van der Waals surface area (Å²) in [6.07, 6.45) is 2.04. The molecular weight excluding hydrogens is 283 g/mol. The summed E-state index contributed by atoms with van der Waals surface area (Å²) in [5, 5.41) is 0.482. The Morgan fingerprint density at radius 2 is 2.11 bits per heavy atom. The first-order valence-electron chi connectivity index (χ1n) is 5.86.